The molecule has 2 heterocycles. The molecule has 0 amide bonds. The van der Waals surface area contributed by atoms with Crippen LogP contribution in [-0.2, 0) is 22.9 Å². The Morgan fingerprint density at radius 1 is 1.18 bits per heavy atom. The number of hydrazine groups is 1. The van der Waals surface area contributed by atoms with E-state index < -0.39 is 10.0 Å². The second-order valence-electron chi connectivity index (χ2n) is 6.65. The van der Waals surface area contributed by atoms with Gasteiger partial charge in [0.15, 0.2) is 0 Å². The summed E-state index contributed by atoms with van der Waals surface area (Å²) >= 11 is 0. The van der Waals surface area contributed by atoms with Crippen molar-refractivity contribution in [2.75, 3.05) is 12.0 Å². The second-order valence-corrected chi connectivity index (χ2v) is 8.33. The Kier molecular flexibility index (Phi) is 5.15. The third kappa shape index (κ3) is 3.65. The highest BCUT2D eigenvalue weighted by atomic mass is 32.2. The largest absolute Gasteiger partial charge is 0.494 e. The molecular weight excluding hydrogens is 376 g/mol. The Labute approximate surface area is 164 Å². The van der Waals surface area contributed by atoms with Gasteiger partial charge in [-0.3, -0.25) is 9.97 Å². The first-order chi connectivity index (χ1) is 13.6. The molecule has 0 radical (unpaired) electrons. The van der Waals surface area contributed by atoms with Crippen molar-refractivity contribution in [2.24, 2.45) is 0 Å². The monoisotopic (exact) mass is 398 g/mol. The van der Waals surface area contributed by atoms with Gasteiger partial charge in [-0.25, -0.2) is 8.42 Å². The smallest absolute Gasteiger partial charge is 0.258 e. The molecule has 4 rings (SSSR count). The zero-order chi connectivity index (χ0) is 19.6. The van der Waals surface area contributed by atoms with Crippen molar-refractivity contribution in [1.29, 1.82) is 0 Å². The van der Waals surface area contributed by atoms with Crippen molar-refractivity contribution >= 4 is 26.6 Å². The maximum absolute atomic E-state index is 12.6. The molecule has 8 heteroatoms. The van der Waals surface area contributed by atoms with Gasteiger partial charge in [0, 0.05) is 29.5 Å². The Hall–Kier alpha value is -2.71. The number of rotatable bonds is 6. The number of fused-ring (bicyclic) bond motifs is 2. The van der Waals surface area contributed by atoms with Gasteiger partial charge in [0.05, 0.1) is 17.8 Å². The first-order valence-corrected chi connectivity index (χ1v) is 10.8. The summed E-state index contributed by atoms with van der Waals surface area (Å²) in [6.45, 7) is 2.51. The van der Waals surface area contributed by atoms with E-state index in [9.17, 15) is 8.42 Å². The van der Waals surface area contributed by atoms with Crippen LogP contribution < -0.4 is 15.0 Å². The van der Waals surface area contributed by atoms with Crippen molar-refractivity contribution < 1.29 is 13.2 Å². The highest BCUT2D eigenvalue weighted by molar-refractivity contribution is 7.89. The molecule has 2 N–H and O–H groups in total. The van der Waals surface area contributed by atoms with Crippen LogP contribution >= 0.6 is 0 Å². The minimum atomic E-state index is -3.74. The average Bonchev–Trinajstić information content (AvgIpc) is 2.72. The number of pyridine rings is 2. The lowest BCUT2D eigenvalue weighted by Crippen LogP contribution is -2.30. The minimum Gasteiger partial charge on any atom is -0.494 e. The van der Waals surface area contributed by atoms with Gasteiger partial charge in [0.2, 0.25) is 0 Å². The minimum absolute atomic E-state index is 0.105. The van der Waals surface area contributed by atoms with Crippen LogP contribution in [0.2, 0.25) is 0 Å². The van der Waals surface area contributed by atoms with Crippen molar-refractivity contribution in [2.45, 2.75) is 37.5 Å². The van der Waals surface area contributed by atoms with Gasteiger partial charge in [-0.2, -0.15) is 0 Å². The van der Waals surface area contributed by atoms with Crippen LogP contribution in [0.5, 0.6) is 5.75 Å². The number of hydrogen-bond acceptors (Lipinski definition) is 6. The maximum atomic E-state index is 12.6. The third-order valence-electron chi connectivity index (χ3n) is 4.80. The summed E-state index contributed by atoms with van der Waals surface area (Å²) in [6, 6.07) is 8.79. The predicted molar refractivity (Wildman–Crippen MR) is 108 cm³/mol. The van der Waals surface area contributed by atoms with Gasteiger partial charge in [-0.1, -0.05) is 0 Å². The quantitative estimate of drug-likeness (QED) is 0.620. The SMILES string of the molecule is CCOc1ccc2c(NNS(=O)(=O)c3cccnc3)c3c(nc2c1)CCCC3. The predicted octanol–water partition coefficient (Wildman–Crippen LogP) is 3.21. The summed E-state index contributed by atoms with van der Waals surface area (Å²) in [4.78, 5) is 11.3. The summed E-state index contributed by atoms with van der Waals surface area (Å²) in [5.74, 6) is 0.750. The van der Waals surface area contributed by atoms with Crippen molar-refractivity contribution in [3.8, 4) is 5.75 Å². The molecule has 7 nitrogen and oxygen atoms in total. The Balaban J connectivity index is 1.74. The highest BCUT2D eigenvalue weighted by Gasteiger charge is 2.21. The molecule has 146 valence electrons. The zero-order valence-electron chi connectivity index (χ0n) is 15.6. The van der Waals surface area contributed by atoms with Crippen LogP contribution in [0, 0.1) is 0 Å². The van der Waals surface area contributed by atoms with Gasteiger partial charge in [0.1, 0.15) is 10.6 Å². The number of nitrogens with one attached hydrogen (secondary N) is 2. The van der Waals surface area contributed by atoms with E-state index >= 15 is 0 Å². The molecule has 1 aliphatic carbocycles. The molecule has 1 aliphatic rings. The van der Waals surface area contributed by atoms with E-state index in [0.29, 0.717) is 6.61 Å². The van der Waals surface area contributed by atoms with Crippen LogP contribution in [0.4, 0.5) is 5.69 Å². The molecular formula is C20H22N4O3S. The molecule has 0 spiro atoms. The summed E-state index contributed by atoms with van der Waals surface area (Å²) in [5, 5.41) is 0.859. The topological polar surface area (TPSA) is 93.2 Å². The second kappa shape index (κ2) is 7.73. The Bertz CT molecular complexity index is 1100. The van der Waals surface area contributed by atoms with E-state index in [0.717, 1.165) is 59.3 Å². The molecule has 0 fully saturated rings. The summed E-state index contributed by atoms with van der Waals surface area (Å²) in [5.41, 5.74) is 6.58. The lowest BCUT2D eigenvalue weighted by molar-refractivity contribution is 0.340. The fourth-order valence-electron chi connectivity index (χ4n) is 3.49. The maximum Gasteiger partial charge on any atom is 0.258 e. The van der Waals surface area contributed by atoms with Crippen LogP contribution in [0.15, 0.2) is 47.6 Å². The zero-order valence-corrected chi connectivity index (χ0v) is 16.4. The fourth-order valence-corrected chi connectivity index (χ4v) is 4.30. The Morgan fingerprint density at radius 2 is 2.04 bits per heavy atom. The van der Waals surface area contributed by atoms with Gasteiger partial charge in [-0.05, 0) is 62.4 Å². The molecule has 0 saturated carbocycles. The Morgan fingerprint density at radius 3 is 2.82 bits per heavy atom. The number of sulfonamides is 1. The molecule has 3 aromatic rings. The van der Waals surface area contributed by atoms with Gasteiger partial charge < -0.3 is 10.2 Å². The summed E-state index contributed by atoms with van der Waals surface area (Å²) < 4.78 is 30.8. The number of ether oxygens (including phenoxy) is 1. The standard InChI is InChI=1S/C20H22N4O3S/c1-2-27-14-9-10-17-19(12-14)22-18-8-4-3-7-16(18)20(17)23-24-28(25,26)15-6-5-11-21-13-15/h5-6,9-13,24H,2-4,7-8H2,1H3,(H,22,23). The van der Waals surface area contributed by atoms with E-state index in [-0.39, 0.29) is 4.90 Å². The number of benzene rings is 1. The third-order valence-corrected chi connectivity index (χ3v) is 6.03. The molecule has 28 heavy (non-hydrogen) atoms. The van der Waals surface area contributed by atoms with Crippen molar-refractivity contribution in [3.63, 3.8) is 0 Å². The molecule has 0 atom stereocenters. The van der Waals surface area contributed by atoms with Gasteiger partial charge in [-0.15, -0.1) is 4.83 Å². The molecule has 1 aromatic carbocycles. The van der Waals surface area contributed by atoms with E-state index in [4.69, 9.17) is 9.72 Å². The van der Waals surface area contributed by atoms with Crippen LogP contribution in [0.3, 0.4) is 0 Å². The first-order valence-electron chi connectivity index (χ1n) is 9.34. The van der Waals surface area contributed by atoms with Gasteiger partial charge >= 0.3 is 0 Å². The molecule has 0 aliphatic heterocycles. The number of nitrogens with zero attached hydrogens (tertiary/aromatic N) is 2. The van der Waals surface area contributed by atoms with E-state index in [1.807, 2.05) is 25.1 Å². The average molecular weight is 398 g/mol. The number of hydrogen-bond donors (Lipinski definition) is 2. The van der Waals surface area contributed by atoms with E-state index in [1.165, 1.54) is 18.5 Å². The molecule has 0 unspecified atom stereocenters. The molecule has 2 aromatic heterocycles. The molecule has 0 bridgehead atoms. The number of aryl methyl sites for hydroxylation is 1. The van der Waals surface area contributed by atoms with Crippen molar-refractivity contribution in [3.05, 3.63) is 54.0 Å². The fraction of sp³-hybridized carbons (Fsp3) is 0.300. The normalized spacial score (nSPS) is 13.9. The van der Waals surface area contributed by atoms with E-state index in [1.54, 1.807) is 6.07 Å². The van der Waals surface area contributed by atoms with Crippen LogP contribution in [0.1, 0.15) is 31.0 Å². The van der Waals surface area contributed by atoms with Crippen LogP contribution in [0.25, 0.3) is 10.9 Å². The number of aromatic nitrogens is 2. The van der Waals surface area contributed by atoms with Gasteiger partial charge in [0.25, 0.3) is 10.0 Å². The summed E-state index contributed by atoms with van der Waals surface area (Å²) in [6.07, 6.45) is 6.74. The molecule has 0 saturated heterocycles. The van der Waals surface area contributed by atoms with Crippen molar-refractivity contribution in [1.82, 2.24) is 14.8 Å². The summed E-state index contributed by atoms with van der Waals surface area (Å²) in [7, 11) is -3.74. The van der Waals surface area contributed by atoms with Crippen LogP contribution in [-0.4, -0.2) is 25.0 Å². The number of anilines is 1. The van der Waals surface area contributed by atoms with E-state index in [2.05, 4.69) is 15.2 Å². The highest BCUT2D eigenvalue weighted by Crippen LogP contribution is 2.34. The first kappa shape index (κ1) is 18.6. The lowest BCUT2D eigenvalue weighted by Gasteiger charge is -2.22. The lowest BCUT2D eigenvalue weighted by atomic mass is 9.93.